The van der Waals surface area contributed by atoms with Gasteiger partial charge in [0.1, 0.15) is 0 Å². The lowest BCUT2D eigenvalue weighted by atomic mass is 10.1. The summed E-state index contributed by atoms with van der Waals surface area (Å²) >= 11 is 0. The molecule has 0 bridgehead atoms. The van der Waals surface area contributed by atoms with Gasteiger partial charge < -0.3 is 0 Å². The van der Waals surface area contributed by atoms with Crippen LogP contribution in [0.25, 0.3) is 33.0 Å². The second kappa shape index (κ2) is 22.8. The average Bonchev–Trinajstić information content (AvgIpc) is 2.84. The Bertz CT molecular complexity index is 1010. The third-order valence-electron chi connectivity index (χ3n) is 2.85. The van der Waals surface area contributed by atoms with Crippen LogP contribution in [0.1, 0.15) is 11.1 Å². The van der Waals surface area contributed by atoms with E-state index in [1.165, 1.54) is 25.2 Å². The number of rotatable bonds is 4. The number of hydrogen-bond acceptors (Lipinski definition) is 8. The molecule has 0 fully saturated rings. The Morgan fingerprint density at radius 2 is 0.882 bits per heavy atom. The van der Waals surface area contributed by atoms with Gasteiger partial charge in [0.15, 0.2) is 0 Å². The first-order chi connectivity index (χ1) is 15.9. The number of nitrogens with zero attached hydrogens (tertiary/aromatic N) is 6. The maximum Gasteiger partial charge on any atom is 0.264 e. The Balaban J connectivity index is -0.000000405. The van der Waals surface area contributed by atoms with Crippen molar-refractivity contribution in [2.45, 2.75) is 0 Å². The minimum absolute atomic E-state index is 0.993. The van der Waals surface area contributed by atoms with E-state index in [9.17, 15) is 16.8 Å². The normalized spacial score (nSPS) is 9.47. The number of azide groups is 2. The molecule has 0 heterocycles. The van der Waals surface area contributed by atoms with Crippen molar-refractivity contribution < 1.29 is 25.2 Å². The molecule has 0 aliphatic carbocycles. The molecule has 2 rings (SSSR count). The van der Waals surface area contributed by atoms with Gasteiger partial charge >= 0.3 is 0 Å². The van der Waals surface area contributed by atoms with Gasteiger partial charge in [0.25, 0.3) is 20.2 Å². The van der Waals surface area contributed by atoms with Crippen LogP contribution in [0, 0.1) is 0 Å². The zero-order valence-corrected chi connectivity index (χ0v) is 21.5. The maximum absolute atomic E-state index is 9.78. The van der Waals surface area contributed by atoms with Crippen molar-refractivity contribution in [2.75, 3.05) is 40.8 Å². The van der Waals surface area contributed by atoms with E-state index in [1.807, 2.05) is 36.4 Å². The van der Waals surface area contributed by atoms with Gasteiger partial charge in [0.2, 0.25) is 0 Å². The zero-order chi connectivity index (χ0) is 26.9. The minimum Gasteiger partial charge on any atom is -0.274 e. The lowest BCUT2D eigenvalue weighted by Crippen LogP contribution is -1.95. The van der Waals surface area contributed by atoms with E-state index < -0.39 is 20.2 Å². The fourth-order valence-electron chi connectivity index (χ4n) is 1.32. The summed E-state index contributed by atoms with van der Waals surface area (Å²) in [5, 5.41) is 5.83. The predicted molar refractivity (Wildman–Crippen MR) is 136 cm³/mol. The van der Waals surface area contributed by atoms with E-state index in [-0.39, 0.29) is 0 Å². The molecule has 14 heteroatoms. The molecule has 0 unspecified atom stereocenters. The summed E-state index contributed by atoms with van der Waals surface area (Å²) in [6.45, 7) is 0. The van der Waals surface area contributed by atoms with Crippen LogP contribution in [0.2, 0.25) is 0 Å². The van der Waals surface area contributed by atoms with Crippen LogP contribution >= 0.6 is 0 Å². The summed E-state index contributed by atoms with van der Waals surface area (Å²) in [5.74, 6) is 0. The van der Waals surface area contributed by atoms with E-state index in [4.69, 9.17) is 11.1 Å². The minimum atomic E-state index is -3.16. The predicted octanol–water partition coefficient (Wildman–Crippen LogP) is 4.89. The largest absolute Gasteiger partial charge is 0.274 e. The van der Waals surface area contributed by atoms with Crippen LogP contribution < -0.4 is 0 Å². The van der Waals surface area contributed by atoms with Crippen molar-refractivity contribution >= 4 is 32.4 Å². The highest BCUT2D eigenvalue weighted by Crippen LogP contribution is 2.06. The molecule has 0 atom stereocenters. The van der Waals surface area contributed by atoms with E-state index >= 15 is 0 Å². The van der Waals surface area contributed by atoms with Gasteiger partial charge in [-0.05, 0) is 22.2 Å². The standard InChI is InChI=1S/C14H12.2C2H6O3S.2CH3N3/c1-3-7-13(8-4-1)11-12-14-9-5-2-6-10-14;2*1-5-6(2,3)4;2*1-3-4-2/h1-12H;2*1-2H3;2*1H3. The van der Waals surface area contributed by atoms with Crippen molar-refractivity contribution in [1.82, 2.24) is 0 Å². The molecule has 0 aliphatic heterocycles. The Kier molecular flexibility index (Phi) is 23.6. The number of hydrogen-bond donors (Lipinski definition) is 0. The molecule has 188 valence electrons. The first-order valence-electron chi connectivity index (χ1n) is 9.06. The van der Waals surface area contributed by atoms with Gasteiger partial charge in [-0.15, -0.1) is 0 Å². The summed E-state index contributed by atoms with van der Waals surface area (Å²) < 4.78 is 46.9. The smallest absolute Gasteiger partial charge is 0.264 e. The van der Waals surface area contributed by atoms with Crippen LogP contribution in [0.4, 0.5) is 0 Å². The highest BCUT2D eigenvalue weighted by atomic mass is 32.2. The monoisotopic (exact) mass is 514 g/mol. The van der Waals surface area contributed by atoms with Crippen LogP contribution in [0.15, 0.2) is 70.9 Å². The highest BCUT2D eigenvalue weighted by molar-refractivity contribution is 7.86. The molecular formula is C20H30N6O6S2. The van der Waals surface area contributed by atoms with E-state index in [0.717, 1.165) is 26.7 Å². The first kappa shape index (κ1) is 35.2. The lowest BCUT2D eigenvalue weighted by molar-refractivity contribution is 0.402. The van der Waals surface area contributed by atoms with Gasteiger partial charge in [-0.2, -0.15) is 16.8 Å². The highest BCUT2D eigenvalue weighted by Gasteiger charge is 1.91. The van der Waals surface area contributed by atoms with Crippen molar-refractivity contribution in [2.24, 2.45) is 10.2 Å². The fraction of sp³-hybridized carbons (Fsp3) is 0.300. The molecule has 0 N–H and O–H groups in total. The molecule has 12 nitrogen and oxygen atoms in total. The molecule has 2 aromatic rings. The van der Waals surface area contributed by atoms with Gasteiger partial charge in [-0.1, -0.05) is 83.0 Å². The SMILES string of the molecule is C(=Cc1ccccc1)c1ccccc1.CN=[N+]=[N-].CN=[N+]=[N-].COS(C)(=O)=O.COS(C)(=O)=O. The molecule has 0 spiro atoms. The lowest BCUT2D eigenvalue weighted by Gasteiger charge is -1.92. The Morgan fingerprint density at radius 1 is 0.676 bits per heavy atom. The van der Waals surface area contributed by atoms with E-state index in [1.54, 1.807) is 0 Å². The maximum atomic E-state index is 9.78. The van der Waals surface area contributed by atoms with Crippen molar-refractivity contribution in [3.8, 4) is 0 Å². The molecule has 0 aliphatic rings. The second-order valence-corrected chi connectivity index (χ2v) is 8.96. The van der Waals surface area contributed by atoms with Gasteiger partial charge in [0, 0.05) is 23.9 Å². The first-order valence-corrected chi connectivity index (χ1v) is 12.7. The van der Waals surface area contributed by atoms with Crippen molar-refractivity contribution in [3.05, 3.63) is 92.7 Å². The summed E-state index contributed by atoms with van der Waals surface area (Å²) in [5.41, 5.74) is 17.1. The summed E-state index contributed by atoms with van der Waals surface area (Å²) in [7, 11) is -1.31. The number of benzene rings is 2. The van der Waals surface area contributed by atoms with E-state index in [0.29, 0.717) is 0 Å². The van der Waals surface area contributed by atoms with Gasteiger partial charge in [0.05, 0.1) is 26.7 Å². The average molecular weight is 515 g/mol. The Morgan fingerprint density at radius 3 is 1.03 bits per heavy atom. The zero-order valence-electron chi connectivity index (χ0n) is 19.9. The van der Waals surface area contributed by atoms with Crippen LogP contribution in [0.3, 0.4) is 0 Å². The van der Waals surface area contributed by atoms with Crippen LogP contribution in [-0.2, 0) is 28.6 Å². The topological polar surface area (TPSA) is 184 Å². The molecule has 0 aromatic heterocycles. The second-order valence-electron chi connectivity index (χ2n) is 5.48. The third kappa shape index (κ3) is 33.3. The van der Waals surface area contributed by atoms with Crippen molar-refractivity contribution in [3.63, 3.8) is 0 Å². The fourth-order valence-corrected chi connectivity index (χ4v) is 1.32. The van der Waals surface area contributed by atoms with Crippen LogP contribution in [-0.4, -0.2) is 57.7 Å². The third-order valence-corrected chi connectivity index (χ3v) is 4.06. The molecule has 0 saturated heterocycles. The van der Waals surface area contributed by atoms with Gasteiger partial charge in [-0.3, -0.25) is 8.37 Å². The summed E-state index contributed by atoms with van der Waals surface area (Å²) in [4.78, 5) is 4.72. The molecule has 0 radical (unpaired) electrons. The summed E-state index contributed by atoms with van der Waals surface area (Å²) in [6, 6.07) is 20.6. The molecule has 0 amide bonds. The van der Waals surface area contributed by atoms with E-state index in [2.05, 4.69) is 64.8 Å². The molecule has 2 aromatic carbocycles. The van der Waals surface area contributed by atoms with Crippen LogP contribution in [0.5, 0.6) is 0 Å². The molecule has 0 saturated carbocycles. The summed E-state index contributed by atoms with van der Waals surface area (Å²) in [6.07, 6.45) is 6.23. The Hall–Kier alpha value is -3.38. The van der Waals surface area contributed by atoms with Gasteiger partial charge in [-0.25, -0.2) is 0 Å². The Labute approximate surface area is 201 Å². The quantitative estimate of drug-likeness (QED) is 0.184. The van der Waals surface area contributed by atoms with Crippen molar-refractivity contribution in [1.29, 1.82) is 0 Å². The molecule has 34 heavy (non-hydrogen) atoms. The molecular weight excluding hydrogens is 484 g/mol.